The predicted octanol–water partition coefficient (Wildman–Crippen LogP) is 1.66. The average molecular weight is 363 g/mol. The molecule has 5 N–H and O–H groups in total. The van der Waals surface area contributed by atoms with E-state index in [0.29, 0.717) is 16.1 Å². The fraction of sp³-hybridized carbons (Fsp3) is 0.118. The van der Waals surface area contributed by atoms with Crippen LogP contribution in [0.4, 0.5) is 0 Å². The molecule has 0 aromatic heterocycles. The number of halogens is 1. The van der Waals surface area contributed by atoms with E-state index < -0.39 is 11.5 Å². The molecule has 2 rings (SSSR count). The Kier molecular flexibility index (Phi) is 5.74. The second kappa shape index (κ2) is 7.78. The van der Waals surface area contributed by atoms with Crippen LogP contribution in [0.1, 0.15) is 11.1 Å². The van der Waals surface area contributed by atoms with E-state index in [4.69, 9.17) is 16.3 Å². The van der Waals surface area contributed by atoms with Gasteiger partial charge in [0.25, 0.3) is 5.54 Å². The Bertz CT molecular complexity index is 806. The van der Waals surface area contributed by atoms with Gasteiger partial charge in [-0.15, -0.1) is 0 Å². The molecule has 7 nitrogen and oxygen atoms in total. The van der Waals surface area contributed by atoms with E-state index in [1.54, 1.807) is 54.6 Å². The third-order valence-corrected chi connectivity index (χ3v) is 4.00. The van der Waals surface area contributed by atoms with Gasteiger partial charge in [-0.3, -0.25) is 0 Å². The van der Waals surface area contributed by atoms with Crippen LogP contribution in [0.3, 0.4) is 0 Å². The smallest absolute Gasteiger partial charge is 0.379 e. The molecule has 0 amide bonds. The molecule has 0 bridgehead atoms. The summed E-state index contributed by atoms with van der Waals surface area (Å²) in [4.78, 5) is 12.5. The maximum atomic E-state index is 12.5. The number of carbonyl (C=O) groups is 1. The molecule has 130 valence electrons. The molecular weight excluding hydrogens is 346 g/mol. The van der Waals surface area contributed by atoms with Crippen molar-refractivity contribution in [2.24, 2.45) is 10.3 Å². The van der Waals surface area contributed by atoms with Crippen molar-refractivity contribution in [1.29, 1.82) is 0 Å². The zero-order chi connectivity index (χ0) is 18.4. The number of hydrogen-bond donors (Lipinski definition) is 3. The largest absolute Gasteiger partial charge is 0.464 e. The van der Waals surface area contributed by atoms with Crippen molar-refractivity contribution in [1.82, 2.24) is 0 Å². The Morgan fingerprint density at radius 2 is 1.68 bits per heavy atom. The number of esters is 1. The molecule has 2 aromatic rings. The third-order valence-electron chi connectivity index (χ3n) is 3.75. The highest BCUT2D eigenvalue weighted by atomic mass is 35.5. The van der Waals surface area contributed by atoms with Gasteiger partial charge in [0.1, 0.15) is 5.71 Å². The van der Waals surface area contributed by atoms with Gasteiger partial charge in [-0.2, -0.15) is 0 Å². The van der Waals surface area contributed by atoms with Crippen LogP contribution < -0.4 is 5.73 Å². The average Bonchev–Trinajstić information content (AvgIpc) is 2.65. The molecule has 0 spiro atoms. The first kappa shape index (κ1) is 18.4. The van der Waals surface area contributed by atoms with E-state index in [1.807, 2.05) is 0 Å². The summed E-state index contributed by atoms with van der Waals surface area (Å²) < 4.78 is 4.85. The van der Waals surface area contributed by atoms with Crippen LogP contribution in [0.25, 0.3) is 0 Å². The topological polar surface area (TPSA) is 119 Å². The molecule has 1 atom stereocenters. The minimum atomic E-state index is -1.77. The molecule has 1 unspecified atom stereocenters. The summed E-state index contributed by atoms with van der Waals surface area (Å²) in [6.45, 7) is 0. The Balaban J connectivity index is 2.66. The molecule has 0 aliphatic carbocycles. The number of ether oxygens (including phenoxy) is 1. The second-order valence-corrected chi connectivity index (χ2v) is 5.60. The van der Waals surface area contributed by atoms with Gasteiger partial charge in [-0.25, -0.2) is 4.79 Å². The molecule has 0 heterocycles. The van der Waals surface area contributed by atoms with Crippen LogP contribution in [0.15, 0.2) is 64.9 Å². The Morgan fingerprint density at radius 3 is 2.16 bits per heavy atom. The summed E-state index contributed by atoms with van der Waals surface area (Å²) in [6.07, 6.45) is 0. The monoisotopic (exact) mass is 362 g/mol. The van der Waals surface area contributed by atoms with Gasteiger partial charge in [0.2, 0.25) is 0 Å². The van der Waals surface area contributed by atoms with E-state index in [1.165, 1.54) is 7.11 Å². The Labute approximate surface area is 149 Å². The molecule has 25 heavy (non-hydrogen) atoms. The number of carbonyl (C=O) groups excluding carboxylic acids is 1. The summed E-state index contributed by atoms with van der Waals surface area (Å²) in [7, 11) is 1.19. The molecule has 2 aromatic carbocycles. The van der Waals surface area contributed by atoms with Crippen LogP contribution in [0.5, 0.6) is 0 Å². The lowest BCUT2D eigenvalue weighted by molar-refractivity contribution is -0.443. The van der Waals surface area contributed by atoms with Crippen LogP contribution in [0, 0.1) is 0 Å². The van der Waals surface area contributed by atoms with Crippen molar-refractivity contribution in [2.75, 3.05) is 7.11 Å². The third kappa shape index (κ3) is 3.47. The van der Waals surface area contributed by atoms with E-state index in [-0.39, 0.29) is 11.4 Å². The normalized spacial score (nSPS) is 14.7. The molecule has 0 saturated heterocycles. The van der Waals surface area contributed by atoms with Gasteiger partial charge in [-0.05, 0) is 12.1 Å². The quantitative estimate of drug-likeness (QED) is 0.324. The lowest BCUT2D eigenvalue weighted by Crippen LogP contribution is -2.79. The highest BCUT2D eigenvalue weighted by Gasteiger charge is 2.50. The zero-order valence-electron chi connectivity index (χ0n) is 13.4. The van der Waals surface area contributed by atoms with E-state index in [9.17, 15) is 15.2 Å². The van der Waals surface area contributed by atoms with E-state index in [2.05, 4.69) is 16.0 Å². The maximum absolute atomic E-state index is 12.5. The van der Waals surface area contributed by atoms with E-state index in [0.717, 1.165) is 0 Å². The Morgan fingerprint density at radius 1 is 1.08 bits per heavy atom. The molecule has 0 radical (unpaired) electrons. The van der Waals surface area contributed by atoms with Crippen molar-refractivity contribution in [3.8, 4) is 0 Å². The standard InChI is InChI=1S/C17H16ClN3O4/c1-25-16(22)17(19,12-7-9-13(18)10-8-12)15(21-24)14(20-23)11-5-3-2-4-6-11/h2-10,23-24H,19H2,1H3/p+1/b20-14+,21-15+. The Hall–Kier alpha value is -2.90. The van der Waals surface area contributed by atoms with Gasteiger partial charge in [0, 0.05) is 16.1 Å². The molecule has 8 heteroatoms. The number of hydrogen-bond acceptors (Lipinski definition) is 6. The van der Waals surface area contributed by atoms with Gasteiger partial charge in [0.05, 0.1) is 7.11 Å². The summed E-state index contributed by atoms with van der Waals surface area (Å²) in [5.74, 6) is -0.792. The first-order valence-corrected chi connectivity index (χ1v) is 7.57. The predicted molar refractivity (Wildman–Crippen MR) is 92.0 cm³/mol. The number of quaternary nitrogens is 1. The number of methoxy groups -OCH3 is 1. The van der Waals surface area contributed by atoms with Gasteiger partial charge < -0.3 is 20.9 Å². The molecule has 0 saturated carbocycles. The van der Waals surface area contributed by atoms with Crippen molar-refractivity contribution < 1.29 is 25.7 Å². The van der Waals surface area contributed by atoms with Crippen molar-refractivity contribution in [3.63, 3.8) is 0 Å². The lowest BCUT2D eigenvalue weighted by atomic mass is 9.82. The second-order valence-electron chi connectivity index (χ2n) is 5.17. The van der Waals surface area contributed by atoms with Crippen molar-refractivity contribution >= 4 is 29.0 Å². The van der Waals surface area contributed by atoms with Crippen molar-refractivity contribution in [3.05, 3.63) is 70.7 Å². The number of benzene rings is 2. The summed E-state index contributed by atoms with van der Waals surface area (Å²) in [6, 6.07) is 14.7. The first-order valence-electron chi connectivity index (χ1n) is 7.19. The minimum absolute atomic E-state index is 0.113. The lowest BCUT2D eigenvalue weighted by Gasteiger charge is -2.24. The minimum Gasteiger partial charge on any atom is -0.464 e. The van der Waals surface area contributed by atoms with Gasteiger partial charge in [-0.1, -0.05) is 64.4 Å². The van der Waals surface area contributed by atoms with E-state index >= 15 is 0 Å². The highest BCUT2D eigenvalue weighted by molar-refractivity contribution is 6.53. The first-order chi connectivity index (χ1) is 12.0. The van der Waals surface area contributed by atoms with Crippen LogP contribution in [-0.2, 0) is 15.1 Å². The molecule has 0 fully saturated rings. The maximum Gasteiger partial charge on any atom is 0.379 e. The number of nitrogens with zero attached hydrogens (tertiary/aromatic N) is 2. The molecule has 0 aliphatic heterocycles. The van der Waals surface area contributed by atoms with Crippen LogP contribution >= 0.6 is 11.6 Å². The van der Waals surface area contributed by atoms with Crippen molar-refractivity contribution in [2.45, 2.75) is 5.54 Å². The summed E-state index contributed by atoms with van der Waals surface area (Å²) in [5, 5.41) is 26.0. The number of oxime groups is 2. The molecule has 0 aliphatic rings. The van der Waals surface area contributed by atoms with Crippen LogP contribution in [0.2, 0.25) is 5.02 Å². The molecular formula is C17H17ClN3O4+. The summed E-state index contributed by atoms with van der Waals surface area (Å²) >= 11 is 5.89. The zero-order valence-corrected chi connectivity index (χ0v) is 14.1. The van der Waals surface area contributed by atoms with Gasteiger partial charge in [0.15, 0.2) is 5.71 Å². The number of rotatable bonds is 5. The highest BCUT2D eigenvalue weighted by Crippen LogP contribution is 2.24. The van der Waals surface area contributed by atoms with Gasteiger partial charge >= 0.3 is 5.97 Å². The SMILES string of the molecule is COC(=O)C([NH3+])(C(=N/O)/C(=N/O)c1ccccc1)c1ccc(Cl)cc1. The summed E-state index contributed by atoms with van der Waals surface area (Å²) in [5.41, 5.74) is 2.54. The fourth-order valence-electron chi connectivity index (χ4n) is 2.43. The van der Waals surface area contributed by atoms with Crippen LogP contribution in [-0.4, -0.2) is 34.9 Å². The fourth-order valence-corrected chi connectivity index (χ4v) is 2.56.